The van der Waals surface area contributed by atoms with Crippen LogP contribution in [0.15, 0.2) is 23.1 Å². The maximum Gasteiger partial charge on any atom is 0.263 e. The Morgan fingerprint density at radius 3 is 2.50 bits per heavy atom. The Morgan fingerprint density at radius 2 is 1.90 bits per heavy atom. The summed E-state index contributed by atoms with van der Waals surface area (Å²) in [5.41, 5.74) is -0.332. The molecule has 6 heteroatoms. The highest BCUT2D eigenvalue weighted by Gasteiger charge is 2.56. The second-order valence-corrected chi connectivity index (χ2v) is 5.69. The molecule has 1 amide bonds. The molecule has 2 atom stereocenters. The first-order chi connectivity index (χ1) is 9.41. The van der Waals surface area contributed by atoms with E-state index in [-0.39, 0.29) is 24.2 Å². The Kier molecular flexibility index (Phi) is 2.92. The molecule has 1 aliphatic heterocycles. The molecule has 2 fully saturated rings. The quantitative estimate of drug-likeness (QED) is 0.783. The van der Waals surface area contributed by atoms with E-state index in [0.29, 0.717) is 12.8 Å². The van der Waals surface area contributed by atoms with Gasteiger partial charge in [-0.2, -0.15) is 0 Å². The number of aryl methyl sites for hydroxylation is 1. The topological polar surface area (TPSA) is 42.3 Å². The number of rotatable bonds is 1. The molecule has 0 N–H and O–H groups in total. The third-order valence-corrected chi connectivity index (χ3v) is 4.47. The van der Waals surface area contributed by atoms with E-state index in [1.54, 1.807) is 19.3 Å². The summed E-state index contributed by atoms with van der Waals surface area (Å²) in [6.45, 7) is 0.0841. The number of carbonyl (C=O) groups is 1. The number of amides is 1. The van der Waals surface area contributed by atoms with Crippen LogP contribution in [0.4, 0.5) is 8.78 Å². The fourth-order valence-corrected chi connectivity index (χ4v) is 3.25. The normalized spacial score (nSPS) is 27.6. The number of hydrogen-bond donors (Lipinski definition) is 0. The lowest BCUT2D eigenvalue weighted by Crippen LogP contribution is -2.51. The molecule has 2 unspecified atom stereocenters. The number of likely N-dealkylation sites (tertiary alicyclic amines) is 1. The lowest BCUT2D eigenvalue weighted by atomic mass is 9.93. The molecule has 1 saturated carbocycles. The number of piperidine rings is 1. The van der Waals surface area contributed by atoms with E-state index >= 15 is 0 Å². The number of alkyl halides is 2. The molecule has 1 aromatic heterocycles. The van der Waals surface area contributed by atoms with Gasteiger partial charge < -0.3 is 9.47 Å². The van der Waals surface area contributed by atoms with Crippen molar-refractivity contribution < 1.29 is 13.6 Å². The highest BCUT2D eigenvalue weighted by Crippen LogP contribution is 2.48. The first kappa shape index (κ1) is 13.3. The highest BCUT2D eigenvalue weighted by molar-refractivity contribution is 5.94. The first-order valence-corrected chi connectivity index (χ1v) is 6.74. The molecule has 1 saturated heterocycles. The zero-order chi connectivity index (χ0) is 14.5. The van der Waals surface area contributed by atoms with E-state index in [4.69, 9.17) is 0 Å². The predicted octanol–water partition coefficient (Wildman–Crippen LogP) is 1.50. The Hall–Kier alpha value is -1.72. The Labute approximate surface area is 115 Å². The second-order valence-electron chi connectivity index (χ2n) is 5.69. The number of halogens is 2. The number of nitrogens with zero attached hydrogens (tertiary/aromatic N) is 2. The van der Waals surface area contributed by atoms with Crippen LogP contribution >= 0.6 is 0 Å². The van der Waals surface area contributed by atoms with Gasteiger partial charge in [-0.3, -0.25) is 9.59 Å². The number of fused-ring (bicyclic) bond motifs is 2. The van der Waals surface area contributed by atoms with Crippen LogP contribution in [0.25, 0.3) is 0 Å². The standard InChI is InChI=1S/C14H16F2N2O2/c1-17-6-2-3-11(12(17)19)13(20)18-7-9-4-5-10(8-18)14(9,15)16/h2-3,6,9-10H,4-5,7-8H2,1H3. The molecule has 1 aliphatic carbocycles. The Morgan fingerprint density at radius 1 is 1.30 bits per heavy atom. The Bertz CT molecular complexity index is 595. The number of pyridine rings is 1. The summed E-state index contributed by atoms with van der Waals surface area (Å²) in [6, 6.07) is 3.07. The van der Waals surface area contributed by atoms with Crippen molar-refractivity contribution in [2.75, 3.05) is 13.1 Å². The summed E-state index contributed by atoms with van der Waals surface area (Å²) in [4.78, 5) is 25.7. The molecule has 0 spiro atoms. The van der Waals surface area contributed by atoms with Crippen molar-refractivity contribution >= 4 is 5.91 Å². The summed E-state index contributed by atoms with van der Waals surface area (Å²) < 4.78 is 29.0. The van der Waals surface area contributed by atoms with E-state index in [0.717, 1.165) is 0 Å². The SMILES string of the molecule is Cn1cccc(C(=O)N2CC3CCC(C2)C3(F)F)c1=O. The third kappa shape index (κ3) is 1.85. The van der Waals surface area contributed by atoms with Crippen LogP contribution in [0, 0.1) is 11.8 Å². The third-order valence-electron chi connectivity index (χ3n) is 4.47. The molecule has 0 radical (unpaired) electrons. The molecule has 20 heavy (non-hydrogen) atoms. The molecule has 0 aromatic carbocycles. The molecule has 4 nitrogen and oxygen atoms in total. The van der Waals surface area contributed by atoms with Crippen molar-refractivity contribution in [2.24, 2.45) is 18.9 Å². The van der Waals surface area contributed by atoms with Gasteiger partial charge in [-0.1, -0.05) is 0 Å². The maximum absolute atomic E-state index is 13.8. The minimum absolute atomic E-state index is 0.0420. The maximum atomic E-state index is 13.8. The van der Waals surface area contributed by atoms with Crippen LogP contribution in [0.5, 0.6) is 0 Å². The van der Waals surface area contributed by atoms with E-state index in [1.807, 2.05) is 0 Å². The van der Waals surface area contributed by atoms with Gasteiger partial charge in [-0.15, -0.1) is 0 Å². The first-order valence-electron chi connectivity index (χ1n) is 6.74. The van der Waals surface area contributed by atoms with E-state index in [1.165, 1.54) is 15.5 Å². The van der Waals surface area contributed by atoms with Crippen LogP contribution in [-0.4, -0.2) is 34.4 Å². The fraction of sp³-hybridized carbons (Fsp3) is 0.571. The lowest BCUT2D eigenvalue weighted by Gasteiger charge is -2.37. The van der Waals surface area contributed by atoms with Crippen molar-refractivity contribution in [1.29, 1.82) is 0 Å². The van der Waals surface area contributed by atoms with E-state index in [2.05, 4.69) is 0 Å². The molecule has 2 bridgehead atoms. The summed E-state index contributed by atoms with van der Waals surface area (Å²) >= 11 is 0. The van der Waals surface area contributed by atoms with Gasteiger partial charge in [-0.25, -0.2) is 8.78 Å². The summed E-state index contributed by atoms with van der Waals surface area (Å²) in [6.07, 6.45) is 2.47. The predicted molar refractivity (Wildman–Crippen MR) is 68.7 cm³/mol. The molecule has 108 valence electrons. The van der Waals surface area contributed by atoms with Gasteiger partial charge in [0.2, 0.25) is 0 Å². The van der Waals surface area contributed by atoms with Crippen LogP contribution < -0.4 is 5.56 Å². The fourth-order valence-electron chi connectivity index (χ4n) is 3.25. The minimum Gasteiger partial charge on any atom is -0.337 e. The molecular formula is C14H16F2N2O2. The summed E-state index contributed by atoms with van der Waals surface area (Å²) in [5.74, 6) is -4.63. The van der Waals surface area contributed by atoms with Gasteiger partial charge in [-0.05, 0) is 25.0 Å². The summed E-state index contributed by atoms with van der Waals surface area (Å²) in [5, 5.41) is 0. The molecule has 3 rings (SSSR count). The molecule has 2 aliphatic rings. The van der Waals surface area contributed by atoms with Crippen molar-refractivity contribution in [3.05, 3.63) is 34.2 Å². The molecule has 2 heterocycles. The zero-order valence-corrected chi connectivity index (χ0v) is 11.2. The van der Waals surface area contributed by atoms with Crippen LogP contribution in [0.3, 0.4) is 0 Å². The van der Waals surface area contributed by atoms with Gasteiger partial charge >= 0.3 is 0 Å². The van der Waals surface area contributed by atoms with Crippen molar-refractivity contribution in [1.82, 2.24) is 9.47 Å². The van der Waals surface area contributed by atoms with Gasteiger partial charge in [0, 0.05) is 38.2 Å². The monoisotopic (exact) mass is 282 g/mol. The molecule has 1 aromatic rings. The zero-order valence-electron chi connectivity index (χ0n) is 11.2. The Balaban J connectivity index is 1.87. The summed E-state index contributed by atoms with van der Waals surface area (Å²) in [7, 11) is 1.56. The number of aromatic nitrogens is 1. The van der Waals surface area contributed by atoms with Gasteiger partial charge in [0.25, 0.3) is 17.4 Å². The lowest BCUT2D eigenvalue weighted by molar-refractivity contribution is -0.110. The average Bonchev–Trinajstić information content (AvgIpc) is 2.60. The van der Waals surface area contributed by atoms with Crippen LogP contribution in [-0.2, 0) is 7.05 Å². The number of hydrogen-bond acceptors (Lipinski definition) is 2. The molecular weight excluding hydrogens is 266 g/mol. The van der Waals surface area contributed by atoms with E-state index < -0.39 is 23.7 Å². The second kappa shape index (κ2) is 4.40. The van der Waals surface area contributed by atoms with Gasteiger partial charge in [0.1, 0.15) is 5.56 Å². The smallest absolute Gasteiger partial charge is 0.263 e. The largest absolute Gasteiger partial charge is 0.337 e. The van der Waals surface area contributed by atoms with Crippen molar-refractivity contribution in [2.45, 2.75) is 18.8 Å². The minimum atomic E-state index is -2.67. The van der Waals surface area contributed by atoms with Crippen LogP contribution in [0.1, 0.15) is 23.2 Å². The van der Waals surface area contributed by atoms with E-state index in [9.17, 15) is 18.4 Å². The number of carbonyl (C=O) groups excluding carboxylic acids is 1. The van der Waals surface area contributed by atoms with Gasteiger partial charge in [0.15, 0.2) is 0 Å². The van der Waals surface area contributed by atoms with Crippen molar-refractivity contribution in [3.8, 4) is 0 Å². The van der Waals surface area contributed by atoms with Crippen molar-refractivity contribution in [3.63, 3.8) is 0 Å². The van der Waals surface area contributed by atoms with Gasteiger partial charge in [0.05, 0.1) is 0 Å². The average molecular weight is 282 g/mol. The highest BCUT2D eigenvalue weighted by atomic mass is 19.3. The van der Waals surface area contributed by atoms with Crippen LogP contribution in [0.2, 0.25) is 0 Å².